The van der Waals surface area contributed by atoms with Crippen LogP contribution in [0.1, 0.15) is 56.1 Å². The Morgan fingerprint density at radius 1 is 1.29 bits per heavy atom. The lowest BCUT2D eigenvalue weighted by molar-refractivity contribution is 0.00695. The molecule has 0 bridgehead atoms. The molecule has 3 nitrogen and oxygen atoms in total. The predicted octanol–water partition coefficient (Wildman–Crippen LogP) is 3.05. The number of esters is 1. The van der Waals surface area contributed by atoms with E-state index in [9.17, 15) is 4.79 Å². The number of nitrogens with two attached hydrogens (primary N) is 1. The largest absolute Gasteiger partial charge is 0.456 e. The van der Waals surface area contributed by atoms with Crippen LogP contribution < -0.4 is 5.73 Å². The fourth-order valence-corrected chi connectivity index (χ4v) is 1.44. The first-order valence-corrected chi connectivity index (χ1v) is 5.92. The van der Waals surface area contributed by atoms with Gasteiger partial charge in [-0.1, -0.05) is 19.1 Å². The van der Waals surface area contributed by atoms with E-state index in [4.69, 9.17) is 10.5 Å². The van der Waals surface area contributed by atoms with Crippen molar-refractivity contribution >= 4 is 5.97 Å². The summed E-state index contributed by atoms with van der Waals surface area (Å²) < 4.78 is 5.28. The van der Waals surface area contributed by atoms with Crippen molar-refractivity contribution < 1.29 is 9.53 Å². The second kappa shape index (κ2) is 5.32. The quantitative estimate of drug-likeness (QED) is 0.819. The third kappa shape index (κ3) is 4.19. The van der Waals surface area contributed by atoms with Crippen molar-refractivity contribution in [3.05, 3.63) is 35.4 Å². The Hall–Kier alpha value is -1.35. The summed E-state index contributed by atoms with van der Waals surface area (Å²) in [6, 6.07) is 7.32. The van der Waals surface area contributed by atoms with Crippen LogP contribution in [0.3, 0.4) is 0 Å². The Morgan fingerprint density at radius 3 is 2.24 bits per heavy atom. The van der Waals surface area contributed by atoms with E-state index in [0.29, 0.717) is 5.56 Å². The predicted molar refractivity (Wildman–Crippen MR) is 68.8 cm³/mol. The van der Waals surface area contributed by atoms with E-state index in [1.807, 2.05) is 39.8 Å². The molecular formula is C14H21NO2. The molecule has 0 heterocycles. The number of ether oxygens (including phenoxy) is 1. The number of benzene rings is 1. The Balaban J connectivity index is 2.77. The molecule has 0 fully saturated rings. The van der Waals surface area contributed by atoms with Gasteiger partial charge in [0.2, 0.25) is 0 Å². The maximum atomic E-state index is 11.8. The Kier molecular flexibility index (Phi) is 4.29. The lowest BCUT2D eigenvalue weighted by atomic mass is 10.0. The van der Waals surface area contributed by atoms with Crippen molar-refractivity contribution in [3.8, 4) is 0 Å². The number of carbonyl (C=O) groups excluding carboxylic acids is 1. The van der Waals surface area contributed by atoms with Crippen LogP contribution in [0.2, 0.25) is 0 Å². The summed E-state index contributed by atoms with van der Waals surface area (Å²) in [4.78, 5) is 11.8. The van der Waals surface area contributed by atoms with Gasteiger partial charge in [0, 0.05) is 6.04 Å². The van der Waals surface area contributed by atoms with E-state index in [0.717, 1.165) is 12.0 Å². The van der Waals surface area contributed by atoms with Crippen LogP contribution in [0.4, 0.5) is 0 Å². The summed E-state index contributed by atoms with van der Waals surface area (Å²) in [5, 5.41) is 0. The highest BCUT2D eigenvalue weighted by atomic mass is 16.6. The van der Waals surface area contributed by atoms with Gasteiger partial charge in [0.25, 0.3) is 0 Å². The van der Waals surface area contributed by atoms with Gasteiger partial charge in [-0.05, 0) is 44.9 Å². The summed E-state index contributed by atoms with van der Waals surface area (Å²) >= 11 is 0. The highest BCUT2D eigenvalue weighted by Crippen LogP contribution is 2.16. The normalized spacial score (nSPS) is 13.2. The Bertz CT molecular complexity index is 376. The van der Waals surface area contributed by atoms with Gasteiger partial charge >= 0.3 is 5.97 Å². The molecule has 1 aromatic carbocycles. The molecule has 0 aliphatic carbocycles. The van der Waals surface area contributed by atoms with E-state index in [-0.39, 0.29) is 12.0 Å². The van der Waals surface area contributed by atoms with Gasteiger partial charge in [-0.3, -0.25) is 0 Å². The van der Waals surface area contributed by atoms with E-state index in [1.165, 1.54) is 0 Å². The molecule has 0 saturated heterocycles. The molecule has 0 aliphatic rings. The zero-order valence-electron chi connectivity index (χ0n) is 11.0. The van der Waals surface area contributed by atoms with Gasteiger partial charge in [0.15, 0.2) is 0 Å². The maximum absolute atomic E-state index is 11.8. The minimum Gasteiger partial charge on any atom is -0.456 e. The zero-order chi connectivity index (χ0) is 13.1. The lowest BCUT2D eigenvalue weighted by Crippen LogP contribution is -2.23. The van der Waals surface area contributed by atoms with Crippen LogP contribution in [-0.2, 0) is 4.74 Å². The van der Waals surface area contributed by atoms with Crippen molar-refractivity contribution in [2.75, 3.05) is 0 Å². The second-order valence-electron chi connectivity index (χ2n) is 5.14. The first-order chi connectivity index (χ1) is 7.83. The molecule has 1 atom stereocenters. The standard InChI is InChI=1S/C14H21NO2/c1-5-12(15)10-6-8-11(9-7-10)13(16)17-14(2,3)4/h6-9,12H,5,15H2,1-4H3. The van der Waals surface area contributed by atoms with Gasteiger partial charge in [-0.2, -0.15) is 0 Å². The first kappa shape index (κ1) is 13.7. The molecule has 0 radical (unpaired) electrons. The molecule has 2 N–H and O–H groups in total. The molecule has 0 aromatic heterocycles. The molecule has 0 saturated carbocycles. The summed E-state index contributed by atoms with van der Waals surface area (Å²) in [6.45, 7) is 7.59. The molecule has 94 valence electrons. The van der Waals surface area contributed by atoms with Gasteiger partial charge < -0.3 is 10.5 Å². The van der Waals surface area contributed by atoms with Crippen LogP contribution in [0.15, 0.2) is 24.3 Å². The SMILES string of the molecule is CCC(N)c1ccc(C(=O)OC(C)(C)C)cc1. The molecular weight excluding hydrogens is 214 g/mol. The summed E-state index contributed by atoms with van der Waals surface area (Å²) in [6.07, 6.45) is 0.881. The molecule has 1 unspecified atom stereocenters. The third-order valence-corrected chi connectivity index (χ3v) is 2.41. The third-order valence-electron chi connectivity index (χ3n) is 2.41. The van der Waals surface area contributed by atoms with Crippen LogP contribution in [-0.4, -0.2) is 11.6 Å². The first-order valence-electron chi connectivity index (χ1n) is 5.92. The topological polar surface area (TPSA) is 52.3 Å². The summed E-state index contributed by atoms with van der Waals surface area (Å²) in [5.41, 5.74) is 7.05. The highest BCUT2D eigenvalue weighted by molar-refractivity contribution is 5.89. The fourth-order valence-electron chi connectivity index (χ4n) is 1.44. The van der Waals surface area contributed by atoms with Crippen molar-refractivity contribution in [2.24, 2.45) is 5.73 Å². The van der Waals surface area contributed by atoms with E-state index in [2.05, 4.69) is 0 Å². The molecule has 0 spiro atoms. The zero-order valence-corrected chi connectivity index (χ0v) is 11.0. The van der Waals surface area contributed by atoms with Crippen molar-refractivity contribution in [1.82, 2.24) is 0 Å². The molecule has 0 amide bonds. The molecule has 3 heteroatoms. The number of hydrogen-bond donors (Lipinski definition) is 1. The van der Waals surface area contributed by atoms with E-state index in [1.54, 1.807) is 12.1 Å². The lowest BCUT2D eigenvalue weighted by Gasteiger charge is -2.19. The minimum absolute atomic E-state index is 0.0303. The average molecular weight is 235 g/mol. The monoisotopic (exact) mass is 235 g/mol. The second-order valence-corrected chi connectivity index (χ2v) is 5.14. The minimum atomic E-state index is -0.463. The molecule has 1 aromatic rings. The van der Waals surface area contributed by atoms with Gasteiger partial charge in [-0.15, -0.1) is 0 Å². The smallest absolute Gasteiger partial charge is 0.338 e. The van der Waals surface area contributed by atoms with Crippen LogP contribution in [0.25, 0.3) is 0 Å². The molecule has 0 aliphatic heterocycles. The molecule has 17 heavy (non-hydrogen) atoms. The van der Waals surface area contributed by atoms with Crippen molar-refractivity contribution in [3.63, 3.8) is 0 Å². The number of carbonyl (C=O) groups is 1. The number of hydrogen-bond acceptors (Lipinski definition) is 3. The van der Waals surface area contributed by atoms with Crippen LogP contribution >= 0.6 is 0 Å². The summed E-state index contributed by atoms with van der Waals surface area (Å²) in [5.74, 6) is -0.297. The van der Waals surface area contributed by atoms with Crippen LogP contribution in [0, 0.1) is 0 Å². The average Bonchev–Trinajstić information content (AvgIpc) is 2.26. The van der Waals surface area contributed by atoms with Crippen LogP contribution in [0.5, 0.6) is 0 Å². The number of rotatable bonds is 3. The van der Waals surface area contributed by atoms with E-state index < -0.39 is 5.60 Å². The Labute approximate surface area is 103 Å². The molecule has 1 rings (SSSR count). The Morgan fingerprint density at radius 2 is 1.82 bits per heavy atom. The van der Waals surface area contributed by atoms with Gasteiger partial charge in [0.1, 0.15) is 5.60 Å². The maximum Gasteiger partial charge on any atom is 0.338 e. The van der Waals surface area contributed by atoms with Crippen molar-refractivity contribution in [2.45, 2.75) is 45.8 Å². The summed E-state index contributed by atoms with van der Waals surface area (Å²) in [7, 11) is 0. The highest BCUT2D eigenvalue weighted by Gasteiger charge is 2.17. The van der Waals surface area contributed by atoms with E-state index >= 15 is 0 Å². The van der Waals surface area contributed by atoms with Gasteiger partial charge in [-0.25, -0.2) is 4.79 Å². The fraction of sp³-hybridized carbons (Fsp3) is 0.500. The van der Waals surface area contributed by atoms with Gasteiger partial charge in [0.05, 0.1) is 5.56 Å². The van der Waals surface area contributed by atoms with Crippen molar-refractivity contribution in [1.29, 1.82) is 0 Å².